The lowest BCUT2D eigenvalue weighted by molar-refractivity contribution is 0.156. The lowest BCUT2D eigenvalue weighted by atomic mass is 10.0. The van der Waals surface area contributed by atoms with Gasteiger partial charge in [0.2, 0.25) is 0 Å². The number of nitrogens with one attached hydrogen (secondary N) is 1. The van der Waals surface area contributed by atoms with Gasteiger partial charge in [0.1, 0.15) is 6.61 Å². The first-order valence-electron chi connectivity index (χ1n) is 6.85. The number of cyclic esters (lactones) is 1. The number of amides is 1. The summed E-state index contributed by atoms with van der Waals surface area (Å²) in [5, 5.41) is 5.73. The number of carbonyl (C=O) groups is 1. The molecule has 1 heterocycles. The summed E-state index contributed by atoms with van der Waals surface area (Å²) in [6.45, 7) is 1.80. The molecule has 1 atom stereocenters. The van der Waals surface area contributed by atoms with E-state index in [-0.39, 0.29) is 12.1 Å². The summed E-state index contributed by atoms with van der Waals surface area (Å²) < 4.78 is 4.98. The molecule has 0 spiro atoms. The topological polar surface area (TPSA) is 41.6 Å². The van der Waals surface area contributed by atoms with E-state index in [1.54, 1.807) is 4.90 Å². The maximum Gasteiger partial charge on any atom is 0.410 e. The van der Waals surface area contributed by atoms with Gasteiger partial charge >= 0.3 is 6.09 Å². The first kappa shape index (κ1) is 12.9. The Morgan fingerprint density at radius 1 is 1.25 bits per heavy atom. The van der Waals surface area contributed by atoms with Crippen LogP contribution in [0, 0.1) is 0 Å². The van der Waals surface area contributed by atoms with Crippen LogP contribution in [0.2, 0.25) is 0 Å². The number of ether oxygens (including phenoxy) is 1. The number of carbonyl (C=O) groups excluding carboxylic acids is 1. The van der Waals surface area contributed by atoms with Crippen molar-refractivity contribution in [2.24, 2.45) is 0 Å². The number of benzene rings is 2. The van der Waals surface area contributed by atoms with Gasteiger partial charge in [0, 0.05) is 12.6 Å². The van der Waals surface area contributed by atoms with Crippen LogP contribution in [0.25, 0.3) is 10.8 Å². The Hall–Kier alpha value is -2.07. The van der Waals surface area contributed by atoms with Gasteiger partial charge in [-0.15, -0.1) is 0 Å². The minimum atomic E-state index is -0.217. The number of hydrogen-bond acceptors (Lipinski definition) is 3. The number of likely N-dealkylation sites (N-methyl/N-ethyl adjacent to an activating group) is 1. The van der Waals surface area contributed by atoms with Crippen LogP contribution in [0.4, 0.5) is 4.79 Å². The highest BCUT2D eigenvalue weighted by molar-refractivity contribution is 5.83. The summed E-state index contributed by atoms with van der Waals surface area (Å²) in [4.78, 5) is 13.3. The number of hydrogen-bond donors (Lipinski definition) is 1. The zero-order chi connectivity index (χ0) is 13.9. The van der Waals surface area contributed by atoms with Crippen LogP contribution < -0.4 is 5.32 Å². The third-order valence-corrected chi connectivity index (χ3v) is 3.77. The SMILES string of the molecule is CNC(CN1CCOC1=O)c1ccc2ccccc2c1. The average Bonchev–Trinajstić information content (AvgIpc) is 2.89. The van der Waals surface area contributed by atoms with E-state index in [1.807, 2.05) is 19.2 Å². The van der Waals surface area contributed by atoms with E-state index in [0.717, 1.165) is 0 Å². The Kier molecular flexibility index (Phi) is 3.56. The molecule has 1 amide bonds. The molecule has 1 fully saturated rings. The molecule has 4 nitrogen and oxygen atoms in total. The molecule has 0 aliphatic carbocycles. The van der Waals surface area contributed by atoms with Gasteiger partial charge in [-0.1, -0.05) is 36.4 Å². The summed E-state index contributed by atoms with van der Waals surface area (Å²) >= 11 is 0. The van der Waals surface area contributed by atoms with E-state index in [9.17, 15) is 4.79 Å². The molecule has 20 heavy (non-hydrogen) atoms. The highest BCUT2D eigenvalue weighted by atomic mass is 16.6. The van der Waals surface area contributed by atoms with Gasteiger partial charge in [0.25, 0.3) is 0 Å². The zero-order valence-corrected chi connectivity index (χ0v) is 11.5. The van der Waals surface area contributed by atoms with Crippen molar-refractivity contribution in [2.75, 3.05) is 26.7 Å². The molecule has 0 radical (unpaired) electrons. The summed E-state index contributed by atoms with van der Waals surface area (Å²) in [6, 6.07) is 14.8. The Morgan fingerprint density at radius 2 is 2.05 bits per heavy atom. The van der Waals surface area contributed by atoms with Gasteiger partial charge in [0.15, 0.2) is 0 Å². The minimum absolute atomic E-state index is 0.116. The molecule has 4 heteroatoms. The molecule has 1 saturated heterocycles. The molecular weight excluding hydrogens is 252 g/mol. The van der Waals surface area contributed by atoms with Crippen molar-refractivity contribution < 1.29 is 9.53 Å². The van der Waals surface area contributed by atoms with Crippen molar-refractivity contribution in [3.8, 4) is 0 Å². The van der Waals surface area contributed by atoms with E-state index in [4.69, 9.17) is 4.74 Å². The molecule has 2 aromatic carbocycles. The zero-order valence-electron chi connectivity index (χ0n) is 11.5. The Balaban J connectivity index is 1.84. The van der Waals surface area contributed by atoms with Crippen LogP contribution in [0.15, 0.2) is 42.5 Å². The second-order valence-corrected chi connectivity index (χ2v) is 5.01. The van der Waals surface area contributed by atoms with Crippen molar-refractivity contribution >= 4 is 16.9 Å². The molecular formula is C16H18N2O2. The normalized spacial score (nSPS) is 16.4. The van der Waals surface area contributed by atoms with E-state index < -0.39 is 0 Å². The Bertz CT molecular complexity index is 627. The van der Waals surface area contributed by atoms with Gasteiger partial charge in [0.05, 0.1) is 6.54 Å². The summed E-state index contributed by atoms with van der Waals surface area (Å²) in [7, 11) is 1.92. The van der Waals surface area contributed by atoms with Crippen molar-refractivity contribution in [1.82, 2.24) is 10.2 Å². The first-order chi connectivity index (χ1) is 9.78. The Labute approximate surface area is 118 Å². The van der Waals surface area contributed by atoms with E-state index in [2.05, 4.69) is 35.6 Å². The third kappa shape index (κ3) is 2.47. The molecule has 1 aliphatic rings. The van der Waals surface area contributed by atoms with Crippen LogP contribution in [0.5, 0.6) is 0 Å². The second-order valence-electron chi connectivity index (χ2n) is 5.01. The lowest BCUT2D eigenvalue weighted by Gasteiger charge is -2.22. The third-order valence-electron chi connectivity index (χ3n) is 3.77. The fourth-order valence-corrected chi connectivity index (χ4v) is 2.60. The van der Waals surface area contributed by atoms with E-state index >= 15 is 0 Å². The quantitative estimate of drug-likeness (QED) is 0.928. The number of rotatable bonds is 4. The van der Waals surface area contributed by atoms with Gasteiger partial charge in [-0.2, -0.15) is 0 Å². The van der Waals surface area contributed by atoms with Gasteiger partial charge < -0.3 is 15.0 Å². The van der Waals surface area contributed by atoms with Crippen molar-refractivity contribution in [1.29, 1.82) is 0 Å². The molecule has 1 N–H and O–H groups in total. The molecule has 2 aromatic rings. The highest BCUT2D eigenvalue weighted by Gasteiger charge is 2.25. The average molecular weight is 270 g/mol. The maximum absolute atomic E-state index is 11.5. The number of fused-ring (bicyclic) bond motifs is 1. The molecule has 0 aromatic heterocycles. The lowest BCUT2D eigenvalue weighted by Crippen LogP contribution is -2.34. The molecule has 1 unspecified atom stereocenters. The van der Waals surface area contributed by atoms with Crippen LogP contribution in [0.1, 0.15) is 11.6 Å². The van der Waals surface area contributed by atoms with Gasteiger partial charge in [-0.05, 0) is 29.4 Å². The molecule has 0 saturated carbocycles. The van der Waals surface area contributed by atoms with Crippen molar-refractivity contribution in [2.45, 2.75) is 6.04 Å². The molecule has 1 aliphatic heterocycles. The molecule has 3 rings (SSSR count). The minimum Gasteiger partial charge on any atom is -0.448 e. The monoisotopic (exact) mass is 270 g/mol. The van der Waals surface area contributed by atoms with Crippen molar-refractivity contribution in [3.05, 3.63) is 48.0 Å². The summed E-state index contributed by atoms with van der Waals surface area (Å²) in [5.41, 5.74) is 1.19. The second kappa shape index (κ2) is 5.51. The molecule has 104 valence electrons. The first-order valence-corrected chi connectivity index (χ1v) is 6.85. The largest absolute Gasteiger partial charge is 0.448 e. The number of nitrogens with zero attached hydrogens (tertiary/aromatic N) is 1. The van der Waals surface area contributed by atoms with Gasteiger partial charge in [-0.25, -0.2) is 4.79 Å². The predicted molar refractivity (Wildman–Crippen MR) is 78.7 cm³/mol. The smallest absolute Gasteiger partial charge is 0.410 e. The van der Waals surface area contributed by atoms with Crippen LogP contribution in [0.3, 0.4) is 0 Å². The summed E-state index contributed by atoms with van der Waals surface area (Å²) in [6.07, 6.45) is -0.217. The van der Waals surface area contributed by atoms with Crippen LogP contribution in [-0.2, 0) is 4.74 Å². The van der Waals surface area contributed by atoms with Crippen LogP contribution >= 0.6 is 0 Å². The molecule has 0 bridgehead atoms. The van der Waals surface area contributed by atoms with Crippen LogP contribution in [-0.4, -0.2) is 37.7 Å². The highest BCUT2D eigenvalue weighted by Crippen LogP contribution is 2.22. The summed E-state index contributed by atoms with van der Waals surface area (Å²) in [5.74, 6) is 0. The van der Waals surface area contributed by atoms with E-state index in [0.29, 0.717) is 19.7 Å². The predicted octanol–water partition coefficient (Wildman–Crippen LogP) is 2.55. The Morgan fingerprint density at radius 3 is 2.75 bits per heavy atom. The van der Waals surface area contributed by atoms with Gasteiger partial charge in [-0.3, -0.25) is 0 Å². The van der Waals surface area contributed by atoms with E-state index in [1.165, 1.54) is 16.3 Å². The maximum atomic E-state index is 11.5. The van der Waals surface area contributed by atoms with Crippen molar-refractivity contribution in [3.63, 3.8) is 0 Å². The fourth-order valence-electron chi connectivity index (χ4n) is 2.60. The standard InChI is InChI=1S/C16H18N2O2/c1-17-15(11-18-8-9-20-16(18)19)14-7-6-12-4-2-3-5-13(12)10-14/h2-7,10,15,17H,8-9,11H2,1H3. The fraction of sp³-hybridized carbons (Fsp3) is 0.312.